The van der Waals surface area contributed by atoms with Crippen molar-refractivity contribution in [2.75, 3.05) is 0 Å². The average Bonchev–Trinajstić information content (AvgIpc) is 2.78. The Morgan fingerprint density at radius 3 is 2.82 bits per heavy atom. The summed E-state index contributed by atoms with van der Waals surface area (Å²) in [5.74, 6) is 0. The zero-order valence-corrected chi connectivity index (χ0v) is 9.16. The van der Waals surface area contributed by atoms with Gasteiger partial charge in [-0.15, -0.1) is 0 Å². The van der Waals surface area contributed by atoms with Crippen molar-refractivity contribution in [3.05, 3.63) is 11.4 Å². The highest BCUT2D eigenvalue weighted by molar-refractivity contribution is 5.98. The molecule has 92 valence electrons. The summed E-state index contributed by atoms with van der Waals surface area (Å²) < 4.78 is 4.57. The number of fused-ring (bicyclic) bond motifs is 1. The molecule has 0 spiro atoms. The van der Waals surface area contributed by atoms with E-state index in [9.17, 15) is 5.11 Å². The smallest absolute Gasteiger partial charge is 0.158 e. The van der Waals surface area contributed by atoms with Gasteiger partial charge in [-0.1, -0.05) is 20.6 Å². The van der Waals surface area contributed by atoms with Crippen LogP contribution in [0.5, 0.6) is 0 Å². The Labute approximate surface area is 96.2 Å². The van der Waals surface area contributed by atoms with Gasteiger partial charge in [-0.3, -0.25) is 0 Å². The minimum Gasteiger partial charge on any atom is -0.411 e. The molecular formula is C9H12N4O4. The fourth-order valence-corrected chi connectivity index (χ4v) is 1.99. The van der Waals surface area contributed by atoms with E-state index in [2.05, 4.69) is 25.3 Å². The second-order valence-electron chi connectivity index (χ2n) is 3.98. The lowest BCUT2D eigenvalue weighted by Gasteiger charge is -2.29. The molecule has 17 heavy (non-hydrogen) atoms. The number of rotatable bonds is 2. The molecule has 2 rings (SSSR count). The zero-order chi connectivity index (χ0) is 12.5. The molecule has 0 bridgehead atoms. The summed E-state index contributed by atoms with van der Waals surface area (Å²) >= 11 is 0. The first-order chi connectivity index (χ1) is 8.11. The maximum Gasteiger partial charge on any atom is 0.158 e. The normalized spacial score (nSPS) is 27.2. The third kappa shape index (κ3) is 1.76. The van der Waals surface area contributed by atoms with Crippen LogP contribution in [0.25, 0.3) is 0 Å². The van der Waals surface area contributed by atoms with E-state index in [0.29, 0.717) is 18.5 Å². The Bertz CT molecular complexity index is 481. The Balaban J connectivity index is 2.47. The maximum atomic E-state index is 10.5. The lowest BCUT2D eigenvalue weighted by Crippen LogP contribution is -2.42. The quantitative estimate of drug-likeness (QED) is 0.387. The molecule has 3 N–H and O–H groups in total. The maximum absolute atomic E-state index is 10.5. The molecule has 0 aromatic carbocycles. The molecule has 0 amide bonds. The number of hydrogen-bond acceptors (Lipinski definition) is 8. The van der Waals surface area contributed by atoms with Crippen molar-refractivity contribution in [1.29, 1.82) is 0 Å². The van der Waals surface area contributed by atoms with Crippen molar-refractivity contribution in [2.24, 2.45) is 10.3 Å². The molecule has 1 aromatic rings. The van der Waals surface area contributed by atoms with Crippen LogP contribution >= 0.6 is 0 Å². The SMILES string of the molecule is CC(C[C@]1(O)C(=NO)CCc2nonc21)=NO. The van der Waals surface area contributed by atoms with Gasteiger partial charge in [-0.2, -0.15) is 0 Å². The van der Waals surface area contributed by atoms with Gasteiger partial charge in [0, 0.05) is 12.8 Å². The topological polar surface area (TPSA) is 124 Å². The number of aryl methyl sites for hydroxylation is 1. The number of nitrogens with zero attached hydrogens (tertiary/aromatic N) is 4. The number of oxime groups is 2. The lowest BCUT2D eigenvalue weighted by molar-refractivity contribution is 0.0976. The fraction of sp³-hybridized carbons (Fsp3) is 0.556. The molecule has 1 aromatic heterocycles. The first kappa shape index (κ1) is 11.5. The highest BCUT2D eigenvalue weighted by atomic mass is 16.6. The summed E-state index contributed by atoms with van der Waals surface area (Å²) in [7, 11) is 0. The predicted octanol–water partition coefficient (Wildman–Crippen LogP) is 0.274. The zero-order valence-electron chi connectivity index (χ0n) is 9.16. The van der Waals surface area contributed by atoms with Gasteiger partial charge in [-0.05, 0) is 13.3 Å². The van der Waals surface area contributed by atoms with Crippen LogP contribution in [0.2, 0.25) is 0 Å². The third-order valence-corrected chi connectivity index (χ3v) is 2.83. The third-order valence-electron chi connectivity index (χ3n) is 2.83. The monoisotopic (exact) mass is 240 g/mol. The van der Waals surface area contributed by atoms with Crippen LogP contribution in [0.1, 0.15) is 31.2 Å². The molecule has 0 fully saturated rings. The first-order valence-corrected chi connectivity index (χ1v) is 5.05. The summed E-state index contributed by atoms with van der Waals surface area (Å²) in [6.07, 6.45) is 0.785. The van der Waals surface area contributed by atoms with Crippen LogP contribution in [0, 0.1) is 0 Å². The number of aliphatic hydroxyl groups is 1. The van der Waals surface area contributed by atoms with E-state index in [4.69, 9.17) is 10.4 Å². The van der Waals surface area contributed by atoms with E-state index in [1.54, 1.807) is 0 Å². The molecule has 0 radical (unpaired) electrons. The summed E-state index contributed by atoms with van der Waals surface area (Å²) in [5, 5.41) is 41.5. The lowest BCUT2D eigenvalue weighted by atomic mass is 9.80. The second-order valence-corrected chi connectivity index (χ2v) is 3.98. The molecular weight excluding hydrogens is 228 g/mol. The van der Waals surface area contributed by atoms with Crippen molar-refractivity contribution in [2.45, 2.75) is 31.8 Å². The van der Waals surface area contributed by atoms with E-state index < -0.39 is 5.60 Å². The van der Waals surface area contributed by atoms with E-state index in [-0.39, 0.29) is 23.5 Å². The predicted molar refractivity (Wildman–Crippen MR) is 55.2 cm³/mol. The number of hydrogen-bond donors (Lipinski definition) is 3. The van der Waals surface area contributed by atoms with Gasteiger partial charge in [-0.25, -0.2) is 4.63 Å². The van der Waals surface area contributed by atoms with Gasteiger partial charge < -0.3 is 15.5 Å². The Kier molecular flexibility index (Phi) is 2.80. The average molecular weight is 240 g/mol. The van der Waals surface area contributed by atoms with Gasteiger partial charge in [0.1, 0.15) is 11.4 Å². The van der Waals surface area contributed by atoms with E-state index >= 15 is 0 Å². The Morgan fingerprint density at radius 1 is 1.41 bits per heavy atom. The Hall–Kier alpha value is -1.96. The van der Waals surface area contributed by atoms with Gasteiger partial charge >= 0.3 is 0 Å². The van der Waals surface area contributed by atoms with Gasteiger partial charge in [0.2, 0.25) is 0 Å². The van der Waals surface area contributed by atoms with Crippen molar-refractivity contribution in [3.63, 3.8) is 0 Å². The Morgan fingerprint density at radius 2 is 2.18 bits per heavy atom. The van der Waals surface area contributed by atoms with E-state index in [1.807, 2.05) is 0 Å². The van der Waals surface area contributed by atoms with Crippen LogP contribution < -0.4 is 0 Å². The summed E-state index contributed by atoms with van der Waals surface area (Å²) in [5.41, 5.74) is -0.461. The summed E-state index contributed by atoms with van der Waals surface area (Å²) in [6, 6.07) is 0. The van der Waals surface area contributed by atoms with Crippen molar-refractivity contribution in [3.8, 4) is 0 Å². The number of aromatic nitrogens is 2. The fourth-order valence-electron chi connectivity index (χ4n) is 1.99. The van der Waals surface area contributed by atoms with Crippen LogP contribution in [-0.4, -0.2) is 37.3 Å². The molecule has 1 atom stereocenters. The van der Waals surface area contributed by atoms with Crippen LogP contribution in [0.3, 0.4) is 0 Å². The highest BCUT2D eigenvalue weighted by Crippen LogP contribution is 2.34. The molecule has 0 saturated heterocycles. The summed E-state index contributed by atoms with van der Waals surface area (Å²) in [4.78, 5) is 0. The van der Waals surface area contributed by atoms with Crippen LogP contribution in [-0.2, 0) is 12.0 Å². The second kappa shape index (κ2) is 4.13. The molecule has 1 aliphatic rings. The van der Waals surface area contributed by atoms with E-state index in [0.717, 1.165) is 0 Å². The first-order valence-electron chi connectivity index (χ1n) is 5.05. The molecule has 8 heteroatoms. The molecule has 8 nitrogen and oxygen atoms in total. The highest BCUT2D eigenvalue weighted by Gasteiger charge is 2.45. The van der Waals surface area contributed by atoms with Crippen molar-refractivity contribution >= 4 is 11.4 Å². The van der Waals surface area contributed by atoms with Crippen LogP contribution in [0.15, 0.2) is 14.9 Å². The summed E-state index contributed by atoms with van der Waals surface area (Å²) in [6.45, 7) is 1.54. The molecule has 1 heterocycles. The largest absolute Gasteiger partial charge is 0.411 e. The van der Waals surface area contributed by atoms with Crippen molar-refractivity contribution in [1.82, 2.24) is 10.3 Å². The molecule has 1 aliphatic carbocycles. The van der Waals surface area contributed by atoms with E-state index in [1.165, 1.54) is 6.92 Å². The van der Waals surface area contributed by atoms with Gasteiger partial charge in [0.05, 0.1) is 11.4 Å². The van der Waals surface area contributed by atoms with Crippen molar-refractivity contribution < 1.29 is 20.2 Å². The minimum absolute atomic E-state index is 0.0376. The minimum atomic E-state index is -1.63. The van der Waals surface area contributed by atoms with Crippen LogP contribution in [0.4, 0.5) is 0 Å². The standard InChI is InChI=1S/C9H12N4O4/c1-5(10-15)4-9(14)7(11-16)3-2-6-8(9)13-17-12-6/h14-16H,2-4H2,1H3/t9-/m0/s1. The molecule has 0 saturated carbocycles. The molecule has 0 aliphatic heterocycles. The molecule has 0 unspecified atom stereocenters. The van der Waals surface area contributed by atoms with Gasteiger partial charge in [0.15, 0.2) is 5.60 Å². The van der Waals surface area contributed by atoms with Gasteiger partial charge in [0.25, 0.3) is 0 Å².